The first-order valence-corrected chi connectivity index (χ1v) is 6.33. The maximum absolute atomic E-state index is 11.9. The van der Waals surface area contributed by atoms with Gasteiger partial charge in [-0.1, -0.05) is 13.3 Å². The Bertz CT molecular complexity index is 174. The Kier molecular flexibility index (Phi) is 9.55. The molecule has 5 heteroatoms. The normalized spacial score (nSPS) is 13.9. The van der Waals surface area contributed by atoms with Crippen LogP contribution in [0.1, 0.15) is 46.0 Å². The predicted molar refractivity (Wildman–Crippen MR) is 63.1 cm³/mol. The van der Waals surface area contributed by atoms with E-state index < -0.39 is 12.6 Å². The van der Waals surface area contributed by atoms with Crippen molar-refractivity contribution in [3.8, 4) is 0 Å². The average Bonchev–Trinajstić information content (AvgIpc) is 2.21. The second-order valence-electron chi connectivity index (χ2n) is 4.33. The summed E-state index contributed by atoms with van der Waals surface area (Å²) in [4.78, 5) is 0. The summed E-state index contributed by atoms with van der Waals surface area (Å²) in [6, 6.07) is 0.118. The maximum Gasteiger partial charge on any atom is 0.389 e. The smallest absolute Gasteiger partial charge is 0.380 e. The van der Waals surface area contributed by atoms with Gasteiger partial charge in [-0.3, -0.25) is 0 Å². The van der Waals surface area contributed by atoms with Crippen LogP contribution < -0.4 is 5.32 Å². The van der Waals surface area contributed by atoms with Gasteiger partial charge in [0.1, 0.15) is 0 Å². The zero-order valence-electron chi connectivity index (χ0n) is 10.8. The van der Waals surface area contributed by atoms with Crippen molar-refractivity contribution in [3.05, 3.63) is 0 Å². The van der Waals surface area contributed by atoms with Crippen LogP contribution in [0.25, 0.3) is 0 Å². The number of ether oxygens (including phenoxy) is 1. The van der Waals surface area contributed by atoms with Gasteiger partial charge in [0.2, 0.25) is 0 Å². The lowest BCUT2D eigenvalue weighted by Crippen LogP contribution is -2.29. The van der Waals surface area contributed by atoms with Crippen molar-refractivity contribution < 1.29 is 17.9 Å². The van der Waals surface area contributed by atoms with E-state index in [-0.39, 0.29) is 12.5 Å². The van der Waals surface area contributed by atoms with Gasteiger partial charge < -0.3 is 10.1 Å². The third-order valence-electron chi connectivity index (χ3n) is 2.48. The lowest BCUT2D eigenvalue weighted by molar-refractivity contribution is -0.135. The highest BCUT2D eigenvalue weighted by atomic mass is 19.4. The van der Waals surface area contributed by atoms with Gasteiger partial charge in [0, 0.05) is 25.6 Å². The largest absolute Gasteiger partial charge is 0.389 e. The van der Waals surface area contributed by atoms with Crippen LogP contribution in [0.15, 0.2) is 0 Å². The molecule has 0 aromatic carbocycles. The van der Waals surface area contributed by atoms with E-state index in [0.717, 1.165) is 19.4 Å². The van der Waals surface area contributed by atoms with Crippen molar-refractivity contribution in [2.75, 3.05) is 19.8 Å². The van der Waals surface area contributed by atoms with Crippen molar-refractivity contribution >= 4 is 0 Å². The molecule has 0 aliphatic rings. The molecule has 104 valence electrons. The fourth-order valence-electron chi connectivity index (χ4n) is 1.44. The molecule has 0 saturated carbocycles. The fourth-order valence-corrected chi connectivity index (χ4v) is 1.44. The van der Waals surface area contributed by atoms with E-state index in [2.05, 4.69) is 12.2 Å². The molecule has 0 bridgehead atoms. The molecule has 0 spiro atoms. The molecule has 2 nitrogen and oxygen atoms in total. The highest BCUT2D eigenvalue weighted by molar-refractivity contribution is 4.62. The monoisotopic (exact) mass is 255 g/mol. The van der Waals surface area contributed by atoms with Crippen LogP contribution in [0.5, 0.6) is 0 Å². The molecule has 0 heterocycles. The molecule has 0 aromatic rings. The Morgan fingerprint density at radius 3 is 2.47 bits per heavy atom. The summed E-state index contributed by atoms with van der Waals surface area (Å²) >= 11 is 0. The Hall–Kier alpha value is -0.290. The molecular formula is C12H24F3NO. The number of unbranched alkanes of at least 4 members (excludes halogenated alkanes) is 1. The summed E-state index contributed by atoms with van der Waals surface area (Å²) in [7, 11) is 0. The van der Waals surface area contributed by atoms with Crippen molar-refractivity contribution in [1.29, 1.82) is 0 Å². The summed E-state index contributed by atoms with van der Waals surface area (Å²) in [5.74, 6) is 0. The Labute approximate surface area is 102 Å². The second kappa shape index (κ2) is 9.71. The van der Waals surface area contributed by atoms with Crippen molar-refractivity contribution in [2.45, 2.75) is 58.2 Å². The number of alkyl halides is 3. The number of halogens is 3. The molecule has 0 amide bonds. The molecule has 1 unspecified atom stereocenters. The molecule has 0 radical (unpaired) electrons. The summed E-state index contributed by atoms with van der Waals surface area (Å²) in [6.45, 7) is 6.11. The lowest BCUT2D eigenvalue weighted by Gasteiger charge is -2.14. The van der Waals surface area contributed by atoms with Crippen molar-refractivity contribution in [1.82, 2.24) is 5.32 Å². The summed E-state index contributed by atoms with van der Waals surface area (Å²) in [6.07, 6.45) is -1.81. The number of hydrogen-bond acceptors (Lipinski definition) is 2. The van der Waals surface area contributed by atoms with E-state index in [1.54, 1.807) is 0 Å². The standard InChI is InChI=1S/C12H24F3NO/c1-3-4-9-17-10-8-16-11(2)6-5-7-12(13,14)15/h11,16H,3-10H2,1-2H3. The molecule has 0 rings (SSSR count). The lowest BCUT2D eigenvalue weighted by atomic mass is 10.1. The van der Waals surface area contributed by atoms with Crippen LogP contribution in [-0.2, 0) is 4.74 Å². The SMILES string of the molecule is CCCCOCCNC(C)CCCC(F)(F)F. The second-order valence-corrected chi connectivity index (χ2v) is 4.33. The highest BCUT2D eigenvalue weighted by Gasteiger charge is 2.26. The van der Waals surface area contributed by atoms with E-state index in [0.29, 0.717) is 19.6 Å². The van der Waals surface area contributed by atoms with Gasteiger partial charge in [-0.2, -0.15) is 13.2 Å². The Morgan fingerprint density at radius 1 is 1.18 bits per heavy atom. The Balaban J connectivity index is 3.26. The first-order chi connectivity index (χ1) is 7.95. The van der Waals surface area contributed by atoms with Gasteiger partial charge >= 0.3 is 6.18 Å². The van der Waals surface area contributed by atoms with E-state index in [1.165, 1.54) is 0 Å². The van der Waals surface area contributed by atoms with Crippen LogP contribution in [0.4, 0.5) is 13.2 Å². The molecule has 1 N–H and O–H groups in total. The highest BCUT2D eigenvalue weighted by Crippen LogP contribution is 2.22. The van der Waals surface area contributed by atoms with Crippen LogP contribution in [0, 0.1) is 0 Å². The number of nitrogens with one attached hydrogen (secondary N) is 1. The van der Waals surface area contributed by atoms with Crippen LogP contribution in [-0.4, -0.2) is 32.0 Å². The van der Waals surface area contributed by atoms with Gasteiger partial charge in [0.15, 0.2) is 0 Å². The summed E-state index contributed by atoms with van der Waals surface area (Å²) in [5.41, 5.74) is 0. The molecule has 0 saturated heterocycles. The third kappa shape index (κ3) is 13.6. The first kappa shape index (κ1) is 16.7. The van der Waals surface area contributed by atoms with E-state index >= 15 is 0 Å². The molecule has 0 aliphatic carbocycles. The van der Waals surface area contributed by atoms with Crippen molar-refractivity contribution in [3.63, 3.8) is 0 Å². The van der Waals surface area contributed by atoms with E-state index in [4.69, 9.17) is 4.74 Å². The zero-order valence-corrected chi connectivity index (χ0v) is 10.8. The van der Waals surface area contributed by atoms with Gasteiger partial charge in [-0.15, -0.1) is 0 Å². The van der Waals surface area contributed by atoms with E-state index in [1.807, 2.05) is 6.92 Å². The van der Waals surface area contributed by atoms with E-state index in [9.17, 15) is 13.2 Å². The maximum atomic E-state index is 11.9. The number of rotatable bonds is 10. The average molecular weight is 255 g/mol. The van der Waals surface area contributed by atoms with Gasteiger partial charge in [-0.25, -0.2) is 0 Å². The number of hydrogen-bond donors (Lipinski definition) is 1. The first-order valence-electron chi connectivity index (χ1n) is 6.33. The summed E-state index contributed by atoms with van der Waals surface area (Å²) < 4.78 is 41.0. The van der Waals surface area contributed by atoms with Crippen LogP contribution in [0.2, 0.25) is 0 Å². The molecule has 1 atom stereocenters. The summed E-state index contributed by atoms with van der Waals surface area (Å²) in [5, 5.41) is 3.15. The molecule has 0 aliphatic heterocycles. The molecule has 17 heavy (non-hydrogen) atoms. The van der Waals surface area contributed by atoms with Crippen LogP contribution in [0.3, 0.4) is 0 Å². The van der Waals surface area contributed by atoms with Crippen LogP contribution >= 0.6 is 0 Å². The quantitative estimate of drug-likeness (QED) is 0.603. The molecule has 0 aromatic heterocycles. The van der Waals surface area contributed by atoms with Gasteiger partial charge in [0.25, 0.3) is 0 Å². The minimum absolute atomic E-state index is 0.118. The minimum atomic E-state index is -4.02. The minimum Gasteiger partial charge on any atom is -0.380 e. The van der Waals surface area contributed by atoms with Gasteiger partial charge in [-0.05, 0) is 26.2 Å². The molecule has 0 fully saturated rings. The predicted octanol–water partition coefficient (Wildman–Crippen LogP) is 3.51. The Morgan fingerprint density at radius 2 is 1.88 bits per heavy atom. The topological polar surface area (TPSA) is 21.3 Å². The fraction of sp³-hybridized carbons (Fsp3) is 1.00. The van der Waals surface area contributed by atoms with Gasteiger partial charge in [0.05, 0.1) is 6.61 Å². The zero-order chi connectivity index (χ0) is 13.1. The molecular weight excluding hydrogens is 231 g/mol. The van der Waals surface area contributed by atoms with Crippen molar-refractivity contribution in [2.24, 2.45) is 0 Å². The third-order valence-corrected chi connectivity index (χ3v) is 2.48.